The van der Waals surface area contributed by atoms with E-state index >= 15 is 0 Å². The van der Waals surface area contributed by atoms with Gasteiger partial charge in [-0.3, -0.25) is 0 Å². The van der Waals surface area contributed by atoms with Gasteiger partial charge in [-0.25, -0.2) is 4.98 Å². The summed E-state index contributed by atoms with van der Waals surface area (Å²) in [6, 6.07) is 34.8. The molecule has 56 heavy (non-hydrogen) atoms. The molecule has 13 heteroatoms. The van der Waals surface area contributed by atoms with Crippen LogP contribution >= 0.6 is 0 Å². The number of hydrogen-bond acceptors (Lipinski definition) is 13. The second kappa shape index (κ2) is 20.8. The van der Waals surface area contributed by atoms with Crippen LogP contribution in [0.3, 0.4) is 0 Å². The fourth-order valence-electron chi connectivity index (χ4n) is 5.64. The third-order valence-corrected chi connectivity index (χ3v) is 8.29. The Kier molecular flexibility index (Phi) is 14.3. The fourth-order valence-corrected chi connectivity index (χ4v) is 5.64. The number of para-hydroxylation sites is 8. The third kappa shape index (κ3) is 11.2. The van der Waals surface area contributed by atoms with Crippen molar-refractivity contribution in [2.45, 2.75) is 12.6 Å². The largest absolute Gasteiger partial charge is 0.487 e. The minimum absolute atomic E-state index is 0.284. The Hall–Kier alpha value is -5.73. The van der Waals surface area contributed by atoms with Crippen molar-refractivity contribution in [2.75, 3.05) is 79.3 Å². The summed E-state index contributed by atoms with van der Waals surface area (Å²) in [4.78, 5) is 5.05. The smallest absolute Gasteiger partial charge is 0.284 e. The number of pyridine rings is 1. The molecule has 3 heterocycles. The minimum atomic E-state index is -1.10. The molecule has 0 saturated heterocycles. The summed E-state index contributed by atoms with van der Waals surface area (Å²) in [5.74, 6) is 3.72. The van der Waals surface area contributed by atoms with Crippen molar-refractivity contribution in [3.05, 3.63) is 127 Å². The van der Waals surface area contributed by atoms with Gasteiger partial charge < -0.3 is 56.8 Å². The Balaban J connectivity index is 1.30. The number of fused-ring (bicyclic) bond motifs is 4. The predicted octanol–water partition coefficient (Wildman–Crippen LogP) is 7.00. The Morgan fingerprint density at radius 2 is 0.536 bits per heavy atom. The monoisotopic (exact) mass is 767 g/mol. The van der Waals surface area contributed by atoms with Crippen LogP contribution in [0.1, 0.15) is 24.0 Å². The average molecular weight is 768 g/mol. The summed E-state index contributed by atoms with van der Waals surface area (Å²) < 4.78 is 74.0. The first-order valence-electron chi connectivity index (χ1n) is 18.6. The van der Waals surface area contributed by atoms with E-state index in [0.717, 1.165) is 0 Å². The summed E-state index contributed by atoms with van der Waals surface area (Å²) in [6.07, 6.45) is -2.19. The predicted molar refractivity (Wildman–Crippen MR) is 203 cm³/mol. The Morgan fingerprint density at radius 3 is 0.821 bits per heavy atom. The van der Waals surface area contributed by atoms with E-state index in [1.807, 2.05) is 78.9 Å². The van der Waals surface area contributed by atoms with Crippen LogP contribution in [0.5, 0.6) is 46.0 Å². The van der Waals surface area contributed by atoms with Crippen molar-refractivity contribution >= 4 is 0 Å². The summed E-state index contributed by atoms with van der Waals surface area (Å²) in [5.41, 5.74) is 0.826. The molecule has 2 aliphatic heterocycles. The molecular formula is C43H45NO12. The van der Waals surface area contributed by atoms with E-state index in [-0.39, 0.29) is 26.4 Å². The first-order valence-corrected chi connectivity index (χ1v) is 18.6. The number of nitrogens with zero attached hydrogens (tertiary/aromatic N) is 1. The van der Waals surface area contributed by atoms with Crippen LogP contribution in [-0.2, 0) is 18.9 Å². The molecule has 2 aliphatic rings. The SMILES string of the molecule is c1cc2nc(c1)C1Oc3ccccc3OCCOCCOCCOc3ccccc3OC2Oc2ccccc2OCCOCCOCCOc2ccccc2O1. The molecule has 0 fully saturated rings. The normalized spacial score (nSPS) is 19.1. The highest BCUT2D eigenvalue weighted by atomic mass is 16.7. The lowest BCUT2D eigenvalue weighted by Crippen LogP contribution is -2.21. The second-order valence-electron chi connectivity index (χ2n) is 12.3. The molecule has 5 aromatic rings. The van der Waals surface area contributed by atoms with Crippen molar-refractivity contribution in [2.24, 2.45) is 0 Å². The van der Waals surface area contributed by atoms with E-state index in [4.69, 9.17) is 61.8 Å². The third-order valence-electron chi connectivity index (χ3n) is 8.29. The molecule has 0 amide bonds. The molecular weight excluding hydrogens is 722 g/mol. The van der Waals surface area contributed by atoms with E-state index < -0.39 is 12.6 Å². The van der Waals surface area contributed by atoms with Gasteiger partial charge in [0, 0.05) is 0 Å². The zero-order chi connectivity index (χ0) is 38.0. The lowest BCUT2D eigenvalue weighted by atomic mass is 10.2. The molecule has 0 spiro atoms. The summed E-state index contributed by atoms with van der Waals surface area (Å²) in [5, 5.41) is 0. The van der Waals surface area contributed by atoms with E-state index in [1.54, 1.807) is 36.4 Å². The lowest BCUT2D eigenvalue weighted by Gasteiger charge is -2.25. The first kappa shape index (κ1) is 38.5. The van der Waals surface area contributed by atoms with Gasteiger partial charge in [0.1, 0.15) is 37.8 Å². The van der Waals surface area contributed by atoms with Gasteiger partial charge in [-0.05, 0) is 60.7 Å². The molecule has 0 radical (unpaired) electrons. The number of benzene rings is 4. The minimum Gasteiger partial charge on any atom is -0.487 e. The molecule has 294 valence electrons. The molecule has 4 aromatic carbocycles. The van der Waals surface area contributed by atoms with Gasteiger partial charge in [0.2, 0.25) is 0 Å². The standard InChI is InChI=1S/C43H45NO12/c1-5-16-38-34(12-1)49-28-24-45-20-21-46-25-30-51-36-14-3-7-18-40(36)55-43-33-11-9-10-32(44-33)42(53-38)54-39-17-6-2-13-35(39)50-29-26-47-22-23-48-27-31-52-37-15-4-8-19-41(37)56-43/h1-19,42-43H,20-31H2. The number of ether oxygens (including phenoxy) is 12. The Morgan fingerprint density at radius 1 is 0.286 bits per heavy atom. The summed E-state index contributed by atoms with van der Waals surface area (Å²) in [7, 11) is 0. The van der Waals surface area contributed by atoms with E-state index in [2.05, 4.69) is 0 Å². The van der Waals surface area contributed by atoms with Gasteiger partial charge >= 0.3 is 0 Å². The van der Waals surface area contributed by atoms with Crippen LogP contribution in [0.4, 0.5) is 0 Å². The molecule has 0 saturated carbocycles. The molecule has 0 unspecified atom stereocenters. The molecule has 0 aliphatic carbocycles. The van der Waals surface area contributed by atoms with Crippen molar-refractivity contribution in [1.29, 1.82) is 0 Å². The summed E-state index contributed by atoms with van der Waals surface area (Å²) in [6.45, 7) is 4.09. The van der Waals surface area contributed by atoms with Crippen LogP contribution in [0.25, 0.3) is 0 Å². The van der Waals surface area contributed by atoms with Crippen molar-refractivity contribution in [3.8, 4) is 46.0 Å². The van der Waals surface area contributed by atoms with Crippen LogP contribution < -0.4 is 37.9 Å². The first-order chi connectivity index (χ1) is 27.8. The highest BCUT2D eigenvalue weighted by molar-refractivity contribution is 5.43. The molecule has 4 bridgehead atoms. The maximum atomic E-state index is 6.63. The van der Waals surface area contributed by atoms with Crippen LogP contribution in [0, 0.1) is 0 Å². The van der Waals surface area contributed by atoms with Crippen LogP contribution in [0.2, 0.25) is 0 Å². The maximum Gasteiger partial charge on any atom is 0.284 e. The highest BCUT2D eigenvalue weighted by Crippen LogP contribution is 2.38. The van der Waals surface area contributed by atoms with Gasteiger partial charge in [-0.2, -0.15) is 0 Å². The maximum absolute atomic E-state index is 6.63. The van der Waals surface area contributed by atoms with Crippen molar-refractivity contribution in [3.63, 3.8) is 0 Å². The zero-order valence-corrected chi connectivity index (χ0v) is 31.0. The average Bonchev–Trinajstić information content (AvgIpc) is 3.23. The number of rotatable bonds is 0. The van der Waals surface area contributed by atoms with Crippen LogP contribution in [-0.4, -0.2) is 84.3 Å². The van der Waals surface area contributed by atoms with Gasteiger partial charge in [0.15, 0.2) is 46.0 Å². The molecule has 1 aromatic heterocycles. The Bertz CT molecular complexity index is 1690. The summed E-state index contributed by atoms with van der Waals surface area (Å²) >= 11 is 0. The van der Waals surface area contributed by atoms with Gasteiger partial charge in [0.05, 0.1) is 52.9 Å². The van der Waals surface area contributed by atoms with Crippen molar-refractivity contribution in [1.82, 2.24) is 4.98 Å². The number of hydrogen-bond donors (Lipinski definition) is 0. The molecule has 0 atom stereocenters. The van der Waals surface area contributed by atoms with E-state index in [1.165, 1.54) is 0 Å². The number of aromatic nitrogens is 1. The van der Waals surface area contributed by atoms with E-state index in [0.29, 0.717) is 110 Å². The zero-order valence-electron chi connectivity index (χ0n) is 31.0. The van der Waals surface area contributed by atoms with E-state index in [9.17, 15) is 0 Å². The molecule has 0 N–H and O–H groups in total. The van der Waals surface area contributed by atoms with Gasteiger partial charge in [-0.15, -0.1) is 0 Å². The lowest BCUT2D eigenvalue weighted by molar-refractivity contribution is -0.0130. The van der Waals surface area contributed by atoms with Crippen molar-refractivity contribution < 1.29 is 56.8 Å². The quantitative estimate of drug-likeness (QED) is 0.161. The van der Waals surface area contributed by atoms with Crippen LogP contribution in [0.15, 0.2) is 115 Å². The van der Waals surface area contributed by atoms with Gasteiger partial charge in [0.25, 0.3) is 12.6 Å². The van der Waals surface area contributed by atoms with Gasteiger partial charge in [-0.1, -0.05) is 54.6 Å². The topological polar surface area (TPSA) is 124 Å². The molecule has 13 nitrogen and oxygen atoms in total. The fraction of sp³-hybridized carbons (Fsp3) is 0.326. The molecule has 7 rings (SSSR count). The highest BCUT2D eigenvalue weighted by Gasteiger charge is 2.26. The Labute approximate surface area is 325 Å². The second-order valence-corrected chi connectivity index (χ2v) is 12.3.